The normalized spacial score (nSPS) is 12.0. The first kappa shape index (κ1) is 24.4. The van der Waals surface area contributed by atoms with Gasteiger partial charge in [0, 0.05) is 38.2 Å². The third kappa shape index (κ3) is 3.35. The predicted octanol–water partition coefficient (Wildman–Crippen LogP) is 11.4. The summed E-state index contributed by atoms with van der Waals surface area (Å²) in [7, 11) is 0. The molecule has 10 aromatic rings. The lowest BCUT2D eigenvalue weighted by Crippen LogP contribution is -1.98. The molecule has 0 aliphatic heterocycles. The molecule has 3 heterocycles. The topological polar surface area (TPSA) is 23.0 Å². The number of rotatable bonds is 3. The highest BCUT2D eigenvalue weighted by molar-refractivity contribution is 6.23. The minimum Gasteiger partial charge on any atom is -0.439 e. The summed E-state index contributed by atoms with van der Waals surface area (Å²) in [6.07, 6.45) is 0. The number of furan rings is 1. The van der Waals surface area contributed by atoms with Crippen LogP contribution in [0.3, 0.4) is 0 Å². The molecule has 0 saturated carbocycles. The Morgan fingerprint density at radius 2 is 0.978 bits per heavy atom. The van der Waals surface area contributed by atoms with Gasteiger partial charge < -0.3 is 8.98 Å². The third-order valence-corrected chi connectivity index (χ3v) is 9.34. The fourth-order valence-corrected chi connectivity index (χ4v) is 7.47. The third-order valence-electron chi connectivity index (χ3n) is 9.34. The van der Waals surface area contributed by atoms with Crippen molar-refractivity contribution in [3.63, 3.8) is 0 Å². The van der Waals surface area contributed by atoms with Crippen molar-refractivity contribution in [1.82, 2.24) is 9.13 Å². The van der Waals surface area contributed by atoms with Crippen LogP contribution in [-0.2, 0) is 0 Å². The highest BCUT2D eigenvalue weighted by Crippen LogP contribution is 2.45. The van der Waals surface area contributed by atoms with E-state index in [9.17, 15) is 0 Å². The molecule has 3 heteroatoms. The molecule has 0 radical (unpaired) electrons. The molecule has 0 fully saturated rings. The van der Waals surface area contributed by atoms with Crippen molar-refractivity contribution in [3.8, 4) is 22.5 Å². The fourth-order valence-electron chi connectivity index (χ4n) is 7.47. The van der Waals surface area contributed by atoms with Gasteiger partial charge in [0.25, 0.3) is 0 Å². The monoisotopic (exact) mass is 574 g/mol. The molecule has 0 bridgehead atoms. The van der Waals surface area contributed by atoms with Crippen LogP contribution in [0.5, 0.6) is 0 Å². The van der Waals surface area contributed by atoms with Crippen molar-refractivity contribution in [2.45, 2.75) is 0 Å². The molecule has 7 aromatic carbocycles. The summed E-state index contributed by atoms with van der Waals surface area (Å²) in [6, 6.07) is 56.4. The molecule has 0 N–H and O–H groups in total. The van der Waals surface area contributed by atoms with E-state index in [4.69, 9.17) is 4.42 Å². The van der Waals surface area contributed by atoms with E-state index >= 15 is 0 Å². The van der Waals surface area contributed by atoms with Crippen LogP contribution in [0.1, 0.15) is 0 Å². The number of nitrogens with zero attached hydrogens (tertiary/aromatic N) is 2. The van der Waals surface area contributed by atoms with Gasteiger partial charge in [-0.25, -0.2) is 0 Å². The summed E-state index contributed by atoms with van der Waals surface area (Å²) in [4.78, 5) is 0. The van der Waals surface area contributed by atoms with Gasteiger partial charge >= 0.3 is 0 Å². The average Bonchev–Trinajstić information content (AvgIpc) is 3.75. The molecule has 210 valence electrons. The van der Waals surface area contributed by atoms with Crippen molar-refractivity contribution in [1.29, 1.82) is 0 Å². The predicted molar refractivity (Wildman–Crippen MR) is 188 cm³/mol. The minimum absolute atomic E-state index is 0.871. The summed E-state index contributed by atoms with van der Waals surface area (Å²) < 4.78 is 11.3. The molecule has 0 unspecified atom stereocenters. The zero-order valence-corrected chi connectivity index (χ0v) is 24.3. The Morgan fingerprint density at radius 3 is 1.73 bits per heavy atom. The summed E-state index contributed by atoms with van der Waals surface area (Å²) in [6.45, 7) is 0. The Bertz CT molecular complexity index is 2710. The fraction of sp³-hybridized carbons (Fsp3) is 0. The van der Waals surface area contributed by atoms with Gasteiger partial charge in [0.15, 0.2) is 0 Å². The van der Waals surface area contributed by atoms with Crippen LogP contribution in [-0.4, -0.2) is 9.13 Å². The molecular weight excluding hydrogens is 548 g/mol. The van der Waals surface area contributed by atoms with E-state index in [0.29, 0.717) is 0 Å². The lowest BCUT2D eigenvalue weighted by atomic mass is 9.95. The molecule has 0 aliphatic carbocycles. The SMILES string of the molecule is c1ccc(-n2c3oc4ccccc4c3c3cccc(-c4ccc(-n5c6ccccc6c6ccccc65)c5ccccc45)c32)cc1. The number of benzene rings is 7. The second-order valence-corrected chi connectivity index (χ2v) is 11.7. The molecule has 45 heavy (non-hydrogen) atoms. The van der Waals surface area contributed by atoms with Crippen LogP contribution in [0.4, 0.5) is 0 Å². The molecule has 3 nitrogen and oxygen atoms in total. The van der Waals surface area contributed by atoms with Crippen molar-refractivity contribution in [2.24, 2.45) is 0 Å². The van der Waals surface area contributed by atoms with Crippen LogP contribution in [0.2, 0.25) is 0 Å². The number of aromatic nitrogens is 2. The molecule has 3 aromatic heterocycles. The Labute approximate surface area is 258 Å². The van der Waals surface area contributed by atoms with Gasteiger partial charge in [0.1, 0.15) is 5.58 Å². The van der Waals surface area contributed by atoms with Crippen molar-refractivity contribution < 1.29 is 4.42 Å². The zero-order valence-electron chi connectivity index (χ0n) is 24.3. The molecule has 0 atom stereocenters. The average molecular weight is 575 g/mol. The van der Waals surface area contributed by atoms with Crippen LogP contribution in [0, 0.1) is 0 Å². The van der Waals surface area contributed by atoms with Gasteiger partial charge in [-0.05, 0) is 47.3 Å². The standard InChI is InChI=1S/C42H26N2O/c1-2-13-27(14-3-1)43-41-33(20-12-21-35(41)40-34-19-8-11-24-39(34)45-42(40)43)29-25-26-38(30-16-5-4-15-28(29)30)44-36-22-9-6-17-31(36)32-18-7-10-23-37(32)44/h1-26H. The summed E-state index contributed by atoms with van der Waals surface area (Å²) in [5, 5.41) is 8.43. The van der Waals surface area contributed by atoms with Gasteiger partial charge in [0.2, 0.25) is 5.71 Å². The smallest absolute Gasteiger partial charge is 0.213 e. The summed E-state index contributed by atoms with van der Waals surface area (Å²) in [5.41, 5.74) is 9.98. The molecular formula is C42H26N2O. The van der Waals surface area contributed by atoms with Crippen molar-refractivity contribution >= 4 is 65.6 Å². The maximum atomic E-state index is 6.61. The minimum atomic E-state index is 0.871. The van der Waals surface area contributed by atoms with Crippen molar-refractivity contribution in [3.05, 3.63) is 158 Å². The molecule has 0 amide bonds. The van der Waals surface area contributed by atoms with E-state index in [-0.39, 0.29) is 0 Å². The summed E-state index contributed by atoms with van der Waals surface area (Å²) >= 11 is 0. The highest BCUT2D eigenvalue weighted by atomic mass is 16.3. The second kappa shape index (κ2) is 9.22. The van der Waals surface area contributed by atoms with Gasteiger partial charge in [-0.2, -0.15) is 0 Å². The highest BCUT2D eigenvalue weighted by Gasteiger charge is 2.23. The van der Waals surface area contributed by atoms with E-state index in [1.807, 2.05) is 6.07 Å². The van der Waals surface area contributed by atoms with Gasteiger partial charge in [-0.15, -0.1) is 0 Å². The van der Waals surface area contributed by atoms with Gasteiger partial charge in [-0.3, -0.25) is 4.57 Å². The lowest BCUT2D eigenvalue weighted by molar-refractivity contribution is 0.645. The Morgan fingerprint density at radius 1 is 0.378 bits per heavy atom. The van der Waals surface area contributed by atoms with Crippen LogP contribution in [0.15, 0.2) is 162 Å². The first-order valence-electron chi connectivity index (χ1n) is 15.4. The summed E-state index contributed by atoms with van der Waals surface area (Å²) in [5.74, 6) is 0. The molecule has 10 rings (SSSR count). The van der Waals surface area contributed by atoms with Crippen LogP contribution in [0.25, 0.3) is 88.1 Å². The first-order chi connectivity index (χ1) is 22.4. The first-order valence-corrected chi connectivity index (χ1v) is 15.4. The van der Waals surface area contributed by atoms with Crippen LogP contribution >= 0.6 is 0 Å². The van der Waals surface area contributed by atoms with Crippen LogP contribution < -0.4 is 0 Å². The second-order valence-electron chi connectivity index (χ2n) is 11.7. The number of hydrogen-bond acceptors (Lipinski definition) is 1. The number of para-hydroxylation sites is 5. The Kier molecular flexibility index (Phi) is 5.00. The zero-order chi connectivity index (χ0) is 29.5. The van der Waals surface area contributed by atoms with Gasteiger partial charge in [-0.1, -0.05) is 121 Å². The van der Waals surface area contributed by atoms with E-state index in [1.54, 1.807) is 0 Å². The number of fused-ring (bicyclic) bond motifs is 9. The van der Waals surface area contributed by atoms with E-state index in [0.717, 1.165) is 33.3 Å². The molecule has 0 saturated heterocycles. The quantitative estimate of drug-likeness (QED) is 0.206. The Balaban J connectivity index is 1.32. The lowest BCUT2D eigenvalue weighted by Gasteiger charge is -2.16. The maximum Gasteiger partial charge on any atom is 0.213 e. The Hall–Kier alpha value is -6.06. The maximum absolute atomic E-state index is 6.61. The largest absolute Gasteiger partial charge is 0.439 e. The molecule has 0 aliphatic rings. The van der Waals surface area contributed by atoms with E-state index in [1.165, 1.54) is 54.8 Å². The van der Waals surface area contributed by atoms with Crippen molar-refractivity contribution in [2.75, 3.05) is 0 Å². The molecule has 0 spiro atoms. The van der Waals surface area contributed by atoms with E-state index in [2.05, 4.69) is 161 Å². The number of hydrogen-bond donors (Lipinski definition) is 0. The van der Waals surface area contributed by atoms with E-state index < -0.39 is 0 Å². The van der Waals surface area contributed by atoms with Gasteiger partial charge in [0.05, 0.1) is 27.6 Å².